The molecule has 5 aliphatic rings. The molecular weight excluding hydrogens is 576 g/mol. The summed E-state index contributed by atoms with van der Waals surface area (Å²) in [5, 5.41) is 2.24. The van der Waals surface area contributed by atoms with Crippen molar-refractivity contribution in [3.63, 3.8) is 0 Å². The third-order valence-corrected chi connectivity index (χ3v) is 9.83. The fourth-order valence-corrected chi connectivity index (χ4v) is 7.43. The Morgan fingerprint density at radius 1 is 0.822 bits per heavy atom. The molecule has 2 atom stereocenters. The zero-order chi connectivity index (χ0) is 31.9. The van der Waals surface area contributed by atoms with Gasteiger partial charge in [-0.25, -0.2) is 4.79 Å². The van der Waals surface area contributed by atoms with Gasteiger partial charge >= 0.3 is 6.09 Å². The third-order valence-electron chi connectivity index (χ3n) is 9.83. The summed E-state index contributed by atoms with van der Waals surface area (Å²) in [6, 6.07) is 4.41. The Morgan fingerprint density at radius 3 is 2.18 bits per heavy atom. The lowest BCUT2D eigenvalue weighted by molar-refractivity contribution is -0.136. The molecule has 12 nitrogen and oxygen atoms in total. The minimum Gasteiger partial charge on any atom is -0.444 e. The highest BCUT2D eigenvalue weighted by Crippen LogP contribution is 2.31. The molecule has 0 spiro atoms. The summed E-state index contributed by atoms with van der Waals surface area (Å²) in [6.07, 6.45) is 3.33. The maximum Gasteiger partial charge on any atom is 0.410 e. The molecule has 0 radical (unpaired) electrons. The molecule has 12 heteroatoms. The lowest BCUT2D eigenvalue weighted by Crippen LogP contribution is -2.54. The van der Waals surface area contributed by atoms with Gasteiger partial charge in [0.05, 0.1) is 11.1 Å². The number of amides is 5. The summed E-state index contributed by atoms with van der Waals surface area (Å²) < 4.78 is 5.54. The number of hydrogen-bond acceptors (Lipinski definition) is 9. The van der Waals surface area contributed by atoms with E-state index in [4.69, 9.17) is 4.74 Å². The van der Waals surface area contributed by atoms with Crippen molar-refractivity contribution in [2.75, 3.05) is 70.3 Å². The van der Waals surface area contributed by atoms with E-state index in [0.717, 1.165) is 88.9 Å². The number of ether oxygens (including phenoxy) is 1. The predicted octanol–water partition coefficient (Wildman–Crippen LogP) is 2.18. The first-order valence-electron chi connectivity index (χ1n) is 16.5. The number of fused-ring (bicyclic) bond motifs is 1. The molecule has 6 rings (SSSR count). The van der Waals surface area contributed by atoms with E-state index in [0.29, 0.717) is 23.0 Å². The van der Waals surface area contributed by atoms with Crippen LogP contribution in [0.4, 0.5) is 10.5 Å². The quantitative estimate of drug-likeness (QED) is 0.476. The smallest absolute Gasteiger partial charge is 0.410 e. The van der Waals surface area contributed by atoms with Crippen molar-refractivity contribution in [2.45, 2.75) is 64.5 Å². The zero-order valence-electron chi connectivity index (χ0n) is 26.8. The van der Waals surface area contributed by atoms with Gasteiger partial charge in [0.15, 0.2) is 0 Å². The first-order valence-corrected chi connectivity index (χ1v) is 16.5. The number of piperazine rings is 1. The number of imide groups is 2. The molecule has 0 aromatic heterocycles. The number of nitrogens with one attached hydrogen (secondary N) is 1. The Labute approximate surface area is 265 Å². The fourth-order valence-electron chi connectivity index (χ4n) is 7.43. The van der Waals surface area contributed by atoms with Crippen molar-refractivity contribution in [3.8, 4) is 0 Å². The number of benzene rings is 1. The lowest BCUT2D eigenvalue weighted by Gasteiger charge is -2.37. The van der Waals surface area contributed by atoms with Crippen LogP contribution in [0.25, 0.3) is 0 Å². The van der Waals surface area contributed by atoms with E-state index in [1.807, 2.05) is 31.7 Å². The summed E-state index contributed by atoms with van der Waals surface area (Å²) in [5.74, 6) is -0.643. The predicted molar refractivity (Wildman–Crippen MR) is 167 cm³/mol. The first-order chi connectivity index (χ1) is 21.4. The van der Waals surface area contributed by atoms with E-state index in [2.05, 4.69) is 20.0 Å². The summed E-state index contributed by atoms with van der Waals surface area (Å²) in [4.78, 5) is 72.9. The molecule has 1 unspecified atom stereocenters. The number of carbonyl (C=O) groups is 5. The van der Waals surface area contributed by atoms with E-state index in [1.54, 1.807) is 12.1 Å². The van der Waals surface area contributed by atoms with Gasteiger partial charge in [0, 0.05) is 71.0 Å². The van der Waals surface area contributed by atoms with Gasteiger partial charge in [-0.2, -0.15) is 0 Å². The minimum absolute atomic E-state index is 0.106. The topological polar surface area (TPSA) is 123 Å². The number of piperidine rings is 2. The van der Waals surface area contributed by atoms with E-state index in [-0.39, 0.29) is 24.8 Å². The average Bonchev–Trinajstić information content (AvgIpc) is 3.53. The molecule has 4 fully saturated rings. The normalized spacial score (nSPS) is 25.6. The number of anilines is 1. The first kappa shape index (κ1) is 31.5. The van der Waals surface area contributed by atoms with Crippen LogP contribution in [-0.2, 0) is 14.3 Å². The van der Waals surface area contributed by atoms with E-state index in [9.17, 15) is 24.0 Å². The fraction of sp³-hybridized carbons (Fsp3) is 0.667. The molecule has 5 amide bonds. The highest BCUT2D eigenvalue weighted by atomic mass is 16.6. The van der Waals surface area contributed by atoms with Crippen LogP contribution >= 0.6 is 0 Å². The second-order valence-electron chi connectivity index (χ2n) is 14.3. The van der Waals surface area contributed by atoms with Crippen molar-refractivity contribution in [1.82, 2.24) is 24.9 Å². The number of likely N-dealkylation sites (tertiary alicyclic amines) is 2. The van der Waals surface area contributed by atoms with Crippen molar-refractivity contribution < 1.29 is 28.7 Å². The molecule has 1 aromatic rings. The molecule has 5 heterocycles. The summed E-state index contributed by atoms with van der Waals surface area (Å²) >= 11 is 0. The number of hydrogen-bond donors (Lipinski definition) is 1. The molecular formula is C33H46N6O6. The van der Waals surface area contributed by atoms with Crippen LogP contribution in [0.3, 0.4) is 0 Å². The minimum atomic E-state index is -0.953. The molecule has 0 bridgehead atoms. The van der Waals surface area contributed by atoms with Gasteiger partial charge in [0.1, 0.15) is 11.6 Å². The number of rotatable bonds is 6. The highest BCUT2D eigenvalue weighted by molar-refractivity contribution is 6.23. The van der Waals surface area contributed by atoms with Crippen molar-refractivity contribution >= 4 is 35.4 Å². The lowest BCUT2D eigenvalue weighted by atomic mass is 9.96. The van der Waals surface area contributed by atoms with E-state index in [1.165, 1.54) is 6.42 Å². The highest BCUT2D eigenvalue weighted by Gasteiger charge is 2.45. The summed E-state index contributed by atoms with van der Waals surface area (Å²) in [5.41, 5.74) is 1.08. The Morgan fingerprint density at radius 2 is 1.49 bits per heavy atom. The Kier molecular flexibility index (Phi) is 8.89. The Balaban J connectivity index is 0.944. The van der Waals surface area contributed by atoms with Crippen LogP contribution in [0.5, 0.6) is 0 Å². The van der Waals surface area contributed by atoms with Gasteiger partial charge < -0.3 is 19.4 Å². The van der Waals surface area contributed by atoms with Gasteiger partial charge in [-0.1, -0.05) is 0 Å². The van der Waals surface area contributed by atoms with Crippen LogP contribution in [-0.4, -0.2) is 126 Å². The summed E-state index contributed by atoms with van der Waals surface area (Å²) in [7, 11) is 0. The molecule has 4 saturated heterocycles. The molecule has 1 N–H and O–H groups in total. The molecule has 1 aromatic carbocycles. The SMILES string of the molecule is CC(C)(C)OC(=O)N1CCC(CN2CC[C@H](CN3CCN(c4ccc5c(c4)C(=O)N(C4CCC(=O)NC4=O)C5=O)CC3)C2)CC1. The van der Waals surface area contributed by atoms with Crippen molar-refractivity contribution in [2.24, 2.45) is 11.8 Å². The van der Waals surface area contributed by atoms with E-state index < -0.39 is 29.4 Å². The molecule has 45 heavy (non-hydrogen) atoms. The monoisotopic (exact) mass is 622 g/mol. The average molecular weight is 623 g/mol. The number of carbonyl (C=O) groups excluding carboxylic acids is 5. The van der Waals surface area contributed by atoms with Gasteiger partial charge in [-0.3, -0.25) is 34.3 Å². The van der Waals surface area contributed by atoms with Crippen molar-refractivity contribution in [1.29, 1.82) is 0 Å². The summed E-state index contributed by atoms with van der Waals surface area (Å²) in [6.45, 7) is 15.3. The molecule has 244 valence electrons. The maximum atomic E-state index is 13.2. The third kappa shape index (κ3) is 7.01. The van der Waals surface area contributed by atoms with Crippen LogP contribution in [0.2, 0.25) is 0 Å². The maximum absolute atomic E-state index is 13.2. The van der Waals surface area contributed by atoms with Crippen LogP contribution in [0, 0.1) is 11.8 Å². The van der Waals surface area contributed by atoms with Crippen LogP contribution in [0.15, 0.2) is 18.2 Å². The van der Waals surface area contributed by atoms with Crippen molar-refractivity contribution in [3.05, 3.63) is 29.3 Å². The van der Waals surface area contributed by atoms with Gasteiger partial charge in [0.2, 0.25) is 11.8 Å². The number of nitrogens with zero attached hydrogens (tertiary/aromatic N) is 5. The Bertz CT molecular complexity index is 1340. The zero-order valence-corrected chi connectivity index (χ0v) is 26.8. The molecule has 0 saturated carbocycles. The van der Waals surface area contributed by atoms with Crippen LogP contribution < -0.4 is 10.2 Å². The largest absolute Gasteiger partial charge is 0.444 e. The molecule has 5 aliphatic heterocycles. The molecule has 0 aliphatic carbocycles. The van der Waals surface area contributed by atoms with E-state index >= 15 is 0 Å². The van der Waals surface area contributed by atoms with Gasteiger partial charge in [0.25, 0.3) is 11.8 Å². The van der Waals surface area contributed by atoms with Crippen LogP contribution in [0.1, 0.15) is 73.6 Å². The van der Waals surface area contributed by atoms with Gasteiger partial charge in [-0.05, 0) is 83.0 Å². The Hall–Kier alpha value is -3.51. The van der Waals surface area contributed by atoms with Gasteiger partial charge in [-0.15, -0.1) is 0 Å². The second-order valence-corrected chi connectivity index (χ2v) is 14.3. The standard InChI is InChI=1S/C33H46N6O6/c1-33(2,3)45-32(44)38-12-9-22(10-13-38)19-36-11-8-23(21-36)20-35-14-16-37(17-15-35)24-4-5-25-26(18-24)31(43)39(30(25)42)27-6-7-28(40)34-29(27)41/h4-5,18,22-23,27H,6-17,19-21H2,1-3H3,(H,34,40,41)/t23-,27?/m1/s1. The second kappa shape index (κ2) is 12.7.